The van der Waals surface area contributed by atoms with E-state index in [1.807, 2.05) is 13.1 Å². The summed E-state index contributed by atoms with van der Waals surface area (Å²) in [7, 11) is 3.54. The van der Waals surface area contributed by atoms with Gasteiger partial charge in [-0.1, -0.05) is 0 Å². The highest BCUT2D eigenvalue weighted by atomic mass is 19.1. The molecule has 1 aromatic carbocycles. The van der Waals surface area contributed by atoms with Gasteiger partial charge in [0, 0.05) is 48.4 Å². The summed E-state index contributed by atoms with van der Waals surface area (Å²) in [6, 6.07) is 6.45. The van der Waals surface area contributed by atoms with Crippen LogP contribution in [0.1, 0.15) is 51.5 Å². The van der Waals surface area contributed by atoms with E-state index in [0.29, 0.717) is 11.7 Å². The zero-order valence-electron chi connectivity index (χ0n) is 19.7. The number of phenolic OH excluding ortho intramolecular Hbond substituents is 1. The van der Waals surface area contributed by atoms with Crippen LogP contribution in [0, 0.1) is 5.82 Å². The summed E-state index contributed by atoms with van der Waals surface area (Å²) in [5, 5.41) is 25.4. The lowest BCUT2D eigenvalue weighted by Crippen LogP contribution is -2.66. The number of likely N-dealkylation sites (N-methyl/N-ethyl adjacent to an activating group) is 1. The van der Waals surface area contributed by atoms with Gasteiger partial charge in [0.15, 0.2) is 5.82 Å². The van der Waals surface area contributed by atoms with Crippen molar-refractivity contribution in [2.75, 3.05) is 19.0 Å². The Hall–Kier alpha value is -3.00. The number of halogens is 1. The number of phenols is 1. The quantitative estimate of drug-likeness (QED) is 0.599. The molecule has 3 N–H and O–H groups in total. The third kappa shape index (κ3) is 4.85. The van der Waals surface area contributed by atoms with Crippen LogP contribution >= 0.6 is 0 Å². The second-order valence-corrected chi connectivity index (χ2v) is 9.89. The lowest BCUT2D eigenvalue weighted by molar-refractivity contribution is -0.115. The maximum atomic E-state index is 14.5. The van der Waals surface area contributed by atoms with Crippen molar-refractivity contribution in [2.24, 2.45) is 0 Å². The van der Waals surface area contributed by atoms with Gasteiger partial charge in [0.1, 0.15) is 11.6 Å². The number of anilines is 1. The summed E-state index contributed by atoms with van der Waals surface area (Å²) in [5.74, 6) is -0.297. The molecule has 3 heterocycles. The molecule has 33 heavy (non-hydrogen) atoms. The zero-order chi connectivity index (χ0) is 23.8. The van der Waals surface area contributed by atoms with E-state index < -0.39 is 5.82 Å². The van der Waals surface area contributed by atoms with Crippen LogP contribution in [0.5, 0.6) is 5.75 Å². The number of carbonyl (C=O) groups is 1. The second-order valence-electron chi connectivity index (χ2n) is 9.89. The van der Waals surface area contributed by atoms with E-state index in [1.165, 1.54) is 50.6 Å². The Labute approximate surface area is 194 Å². The van der Waals surface area contributed by atoms with E-state index in [4.69, 9.17) is 0 Å². The standard InChI is InChI=1S/C25H32FN5O2/c1-24-10-5-11-25(2,30-24)15-17(14-24)31(4)22-8-7-20(28-29-22)18-13-19(26)16(12-21(18)32)6-9-23(33)27-3/h6-9,12-13,17,30,32H,5,10-11,14-15H2,1-4H3,(H,27,33)/b9-6+/t17-,24-,25+. The molecule has 2 aliphatic heterocycles. The van der Waals surface area contributed by atoms with Gasteiger partial charge in [-0.2, -0.15) is 0 Å². The van der Waals surface area contributed by atoms with E-state index in [0.717, 1.165) is 18.7 Å². The van der Waals surface area contributed by atoms with Crippen molar-refractivity contribution in [3.8, 4) is 17.0 Å². The smallest absolute Gasteiger partial charge is 0.243 e. The van der Waals surface area contributed by atoms with Gasteiger partial charge in [-0.3, -0.25) is 4.79 Å². The molecule has 2 aromatic rings. The first-order valence-corrected chi connectivity index (χ1v) is 11.4. The molecule has 2 saturated heterocycles. The van der Waals surface area contributed by atoms with Crippen molar-refractivity contribution < 1.29 is 14.3 Å². The fourth-order valence-electron chi connectivity index (χ4n) is 5.42. The third-order valence-corrected chi connectivity index (χ3v) is 7.04. The Balaban J connectivity index is 1.53. The molecular weight excluding hydrogens is 421 g/mol. The molecule has 0 radical (unpaired) electrons. The van der Waals surface area contributed by atoms with Crippen LogP contribution in [0.3, 0.4) is 0 Å². The van der Waals surface area contributed by atoms with Gasteiger partial charge in [-0.25, -0.2) is 4.39 Å². The van der Waals surface area contributed by atoms with Crippen LogP contribution in [0.2, 0.25) is 0 Å². The van der Waals surface area contributed by atoms with Crippen molar-refractivity contribution in [2.45, 2.75) is 63.1 Å². The molecule has 1 aromatic heterocycles. The highest BCUT2D eigenvalue weighted by Gasteiger charge is 2.46. The molecule has 176 valence electrons. The van der Waals surface area contributed by atoms with Gasteiger partial charge < -0.3 is 20.6 Å². The fraction of sp³-hybridized carbons (Fsp3) is 0.480. The van der Waals surface area contributed by atoms with Crippen LogP contribution in [-0.4, -0.2) is 52.4 Å². The number of fused-ring (bicyclic) bond motifs is 2. The number of nitrogens with one attached hydrogen (secondary N) is 2. The molecule has 7 nitrogen and oxygen atoms in total. The average Bonchev–Trinajstić information content (AvgIpc) is 2.77. The zero-order valence-corrected chi connectivity index (χ0v) is 19.7. The summed E-state index contributed by atoms with van der Waals surface area (Å²) in [6.45, 7) is 4.62. The summed E-state index contributed by atoms with van der Waals surface area (Å²) in [6.07, 6.45) is 8.21. The van der Waals surface area contributed by atoms with E-state index in [2.05, 4.69) is 39.6 Å². The first-order valence-electron chi connectivity index (χ1n) is 11.4. The molecule has 4 rings (SSSR count). The van der Waals surface area contributed by atoms with Crippen LogP contribution in [0.25, 0.3) is 17.3 Å². The second kappa shape index (κ2) is 8.74. The molecule has 0 unspecified atom stereocenters. The van der Waals surface area contributed by atoms with Gasteiger partial charge in [0.2, 0.25) is 5.91 Å². The molecule has 8 heteroatoms. The van der Waals surface area contributed by atoms with Gasteiger partial charge in [0.25, 0.3) is 0 Å². The summed E-state index contributed by atoms with van der Waals surface area (Å²) >= 11 is 0. The number of benzene rings is 1. The Bertz CT molecular complexity index is 1060. The maximum Gasteiger partial charge on any atom is 0.243 e. The molecule has 0 spiro atoms. The predicted octanol–water partition coefficient (Wildman–Crippen LogP) is 3.64. The monoisotopic (exact) mass is 453 g/mol. The minimum absolute atomic E-state index is 0.114. The summed E-state index contributed by atoms with van der Waals surface area (Å²) < 4.78 is 14.5. The van der Waals surface area contributed by atoms with Crippen molar-refractivity contribution >= 4 is 17.8 Å². The predicted molar refractivity (Wildman–Crippen MR) is 127 cm³/mol. The maximum absolute atomic E-state index is 14.5. The fourth-order valence-corrected chi connectivity index (χ4v) is 5.42. The minimum atomic E-state index is -0.561. The first kappa shape index (κ1) is 23.2. The number of carbonyl (C=O) groups excluding carboxylic acids is 1. The van der Waals surface area contributed by atoms with Crippen LogP contribution in [-0.2, 0) is 4.79 Å². The Morgan fingerprint density at radius 3 is 2.55 bits per heavy atom. The van der Waals surface area contributed by atoms with E-state index >= 15 is 0 Å². The Morgan fingerprint density at radius 2 is 1.94 bits per heavy atom. The molecule has 2 fully saturated rings. The topological polar surface area (TPSA) is 90.4 Å². The normalized spacial score (nSPS) is 26.9. The van der Waals surface area contributed by atoms with Crippen LogP contribution in [0.4, 0.5) is 10.2 Å². The number of hydrogen-bond acceptors (Lipinski definition) is 6. The van der Waals surface area contributed by atoms with Crippen molar-refractivity contribution in [1.29, 1.82) is 0 Å². The highest BCUT2D eigenvalue weighted by Crippen LogP contribution is 2.42. The molecule has 2 aliphatic rings. The van der Waals surface area contributed by atoms with E-state index in [-0.39, 0.29) is 33.9 Å². The lowest BCUT2D eigenvalue weighted by atomic mass is 9.69. The number of rotatable bonds is 5. The van der Waals surface area contributed by atoms with E-state index in [9.17, 15) is 14.3 Å². The lowest BCUT2D eigenvalue weighted by Gasteiger charge is -2.55. The summed E-state index contributed by atoms with van der Waals surface area (Å²) in [5.41, 5.74) is 1.01. The van der Waals surface area contributed by atoms with Crippen LogP contribution < -0.4 is 15.5 Å². The summed E-state index contributed by atoms with van der Waals surface area (Å²) in [4.78, 5) is 13.5. The molecule has 0 saturated carbocycles. The highest BCUT2D eigenvalue weighted by molar-refractivity contribution is 5.91. The van der Waals surface area contributed by atoms with Crippen LogP contribution in [0.15, 0.2) is 30.3 Å². The number of aromatic hydroxyl groups is 1. The van der Waals surface area contributed by atoms with Crippen molar-refractivity contribution in [1.82, 2.24) is 20.8 Å². The Kier molecular flexibility index (Phi) is 6.14. The molecule has 3 atom stereocenters. The average molecular weight is 454 g/mol. The van der Waals surface area contributed by atoms with E-state index in [1.54, 1.807) is 6.07 Å². The molecular formula is C25H32FN5O2. The minimum Gasteiger partial charge on any atom is -0.507 e. The van der Waals surface area contributed by atoms with Gasteiger partial charge in [0.05, 0.1) is 5.69 Å². The van der Waals surface area contributed by atoms with Gasteiger partial charge in [-0.05, 0) is 76.3 Å². The number of piperidine rings is 2. The third-order valence-electron chi connectivity index (χ3n) is 7.04. The number of amides is 1. The van der Waals surface area contributed by atoms with Gasteiger partial charge >= 0.3 is 0 Å². The number of aromatic nitrogens is 2. The molecule has 0 aliphatic carbocycles. The molecule has 2 bridgehead atoms. The van der Waals surface area contributed by atoms with Gasteiger partial charge in [-0.15, -0.1) is 10.2 Å². The van der Waals surface area contributed by atoms with Crippen molar-refractivity contribution in [3.05, 3.63) is 41.7 Å². The number of nitrogens with zero attached hydrogens (tertiary/aromatic N) is 3. The molecule has 1 amide bonds. The first-order chi connectivity index (χ1) is 15.6. The SMILES string of the molecule is CNC(=O)/C=C/c1cc(O)c(-c2ccc(N(C)[C@H]3C[C@]4(C)CCC[C@](C)(C3)N4)nn2)cc1F. The van der Waals surface area contributed by atoms with Crippen molar-refractivity contribution in [3.63, 3.8) is 0 Å². The number of hydrogen-bond donors (Lipinski definition) is 3. The largest absolute Gasteiger partial charge is 0.507 e. The Morgan fingerprint density at radius 1 is 1.24 bits per heavy atom.